The van der Waals surface area contributed by atoms with Crippen molar-refractivity contribution in [2.45, 2.75) is 32.9 Å². The van der Waals surface area contributed by atoms with E-state index in [0.29, 0.717) is 12.1 Å². The van der Waals surface area contributed by atoms with Crippen LogP contribution in [0.4, 0.5) is 10.5 Å². The molecule has 1 aromatic heterocycles. The molecule has 0 aliphatic carbocycles. The number of anilines is 1. The second-order valence-electron chi connectivity index (χ2n) is 6.60. The molecule has 29 heavy (non-hydrogen) atoms. The van der Waals surface area contributed by atoms with Crippen LogP contribution in [0, 0.1) is 5.92 Å². The third-order valence-electron chi connectivity index (χ3n) is 4.48. The molecule has 0 unspecified atom stereocenters. The Morgan fingerprint density at radius 2 is 1.90 bits per heavy atom. The number of aliphatic carboxylic acids is 1. The molecule has 0 saturated carbocycles. The highest BCUT2D eigenvalue weighted by atomic mass is 16.5. The van der Waals surface area contributed by atoms with Gasteiger partial charge in [0.25, 0.3) is 5.91 Å². The summed E-state index contributed by atoms with van der Waals surface area (Å²) in [5.41, 5.74) is 1.16. The first kappa shape index (κ1) is 21.9. The Kier molecular flexibility index (Phi) is 8.14. The van der Waals surface area contributed by atoms with Crippen LogP contribution in [0.1, 0.15) is 25.8 Å². The van der Waals surface area contributed by atoms with E-state index in [0.717, 1.165) is 10.5 Å². The highest BCUT2D eigenvalue weighted by Crippen LogP contribution is 2.18. The van der Waals surface area contributed by atoms with E-state index in [1.54, 1.807) is 12.1 Å². The highest BCUT2D eigenvalue weighted by Gasteiger charge is 2.32. The minimum atomic E-state index is -1.17. The molecule has 2 N–H and O–H groups in total. The minimum absolute atomic E-state index is 0.0650. The third kappa shape index (κ3) is 6.60. The summed E-state index contributed by atoms with van der Waals surface area (Å²) in [7, 11) is 0. The number of ether oxygens (including phenoxy) is 1. The van der Waals surface area contributed by atoms with Crippen molar-refractivity contribution in [1.29, 1.82) is 0 Å². The number of amides is 2. The molecule has 1 heterocycles. The Morgan fingerprint density at radius 3 is 2.48 bits per heavy atom. The van der Waals surface area contributed by atoms with Gasteiger partial charge in [-0.25, -0.2) is 4.79 Å². The normalized spacial score (nSPS) is 12.5. The average Bonchev–Trinajstić information content (AvgIpc) is 2.74. The molecule has 2 atom stereocenters. The van der Waals surface area contributed by atoms with Crippen molar-refractivity contribution in [2.24, 2.45) is 5.92 Å². The van der Waals surface area contributed by atoms with Gasteiger partial charge in [-0.1, -0.05) is 50.6 Å². The molecule has 2 amide bonds. The molecule has 2 aromatic rings. The first-order chi connectivity index (χ1) is 13.9. The lowest BCUT2D eigenvalue weighted by Crippen LogP contribution is -2.53. The lowest BCUT2D eigenvalue weighted by molar-refractivity contribution is -0.137. The van der Waals surface area contributed by atoms with E-state index in [1.807, 2.05) is 44.2 Å². The number of carboxylic acid groups (broad SMARTS) is 1. The zero-order chi connectivity index (χ0) is 21.2. The van der Waals surface area contributed by atoms with Crippen LogP contribution in [0.15, 0.2) is 54.9 Å². The maximum Gasteiger partial charge on any atom is 0.408 e. The molecule has 8 heteroatoms. The average molecular weight is 399 g/mol. The van der Waals surface area contributed by atoms with Gasteiger partial charge in [0.15, 0.2) is 0 Å². The predicted octanol–water partition coefficient (Wildman–Crippen LogP) is 2.84. The Morgan fingerprint density at radius 1 is 1.17 bits per heavy atom. The maximum absolute atomic E-state index is 13.2. The summed E-state index contributed by atoms with van der Waals surface area (Å²) in [6.07, 6.45) is 2.79. The Hall–Kier alpha value is -3.42. The van der Waals surface area contributed by atoms with Gasteiger partial charge in [-0.15, -0.1) is 0 Å². The standard InChI is InChI=1S/C21H25N3O5/c1-3-15(2)19(23-21(28)29-14-16-8-5-4-6-9-16)20(27)24(13-18(25)26)17-10-7-11-22-12-17/h4-12,15,19H,3,13-14H2,1-2H3,(H,23,28)(H,25,26)/t15-,19-/m0/s1. The van der Waals surface area contributed by atoms with Gasteiger partial charge in [0.1, 0.15) is 19.2 Å². The number of hydrogen-bond acceptors (Lipinski definition) is 5. The summed E-state index contributed by atoms with van der Waals surface area (Å²) in [5.74, 6) is -1.94. The van der Waals surface area contributed by atoms with Gasteiger partial charge in [0.2, 0.25) is 0 Å². The van der Waals surface area contributed by atoms with Crippen LogP contribution in [0.2, 0.25) is 0 Å². The topological polar surface area (TPSA) is 109 Å². The molecular weight excluding hydrogens is 374 g/mol. The van der Waals surface area contributed by atoms with E-state index in [2.05, 4.69) is 10.3 Å². The van der Waals surface area contributed by atoms with Crippen LogP contribution in [0.5, 0.6) is 0 Å². The van der Waals surface area contributed by atoms with Crippen molar-refractivity contribution in [3.63, 3.8) is 0 Å². The van der Waals surface area contributed by atoms with Gasteiger partial charge < -0.3 is 15.2 Å². The van der Waals surface area contributed by atoms with E-state index < -0.39 is 30.6 Å². The molecule has 154 valence electrons. The van der Waals surface area contributed by atoms with E-state index in [4.69, 9.17) is 4.74 Å². The molecule has 1 aromatic carbocycles. The summed E-state index contributed by atoms with van der Waals surface area (Å²) in [6.45, 7) is 3.21. The molecular formula is C21H25N3O5. The van der Waals surface area contributed by atoms with Crippen LogP contribution >= 0.6 is 0 Å². The second kappa shape index (κ2) is 10.8. The molecule has 0 bridgehead atoms. The van der Waals surface area contributed by atoms with Crippen molar-refractivity contribution >= 4 is 23.7 Å². The smallest absolute Gasteiger partial charge is 0.408 e. The zero-order valence-electron chi connectivity index (χ0n) is 16.4. The largest absolute Gasteiger partial charge is 0.480 e. The summed E-state index contributed by atoms with van der Waals surface area (Å²) in [4.78, 5) is 41.8. The van der Waals surface area contributed by atoms with Gasteiger partial charge in [0.05, 0.1) is 11.9 Å². The molecule has 0 aliphatic rings. The number of alkyl carbamates (subject to hydrolysis) is 1. The summed E-state index contributed by atoms with van der Waals surface area (Å²) < 4.78 is 5.22. The first-order valence-electron chi connectivity index (χ1n) is 9.32. The van der Waals surface area contributed by atoms with E-state index >= 15 is 0 Å². The predicted molar refractivity (Wildman–Crippen MR) is 107 cm³/mol. The Bertz CT molecular complexity index is 814. The molecule has 0 radical (unpaired) electrons. The molecule has 0 spiro atoms. The molecule has 2 rings (SSSR count). The quantitative estimate of drug-likeness (QED) is 0.671. The van der Waals surface area contributed by atoms with Crippen LogP contribution in [0.25, 0.3) is 0 Å². The van der Waals surface area contributed by atoms with Crippen molar-refractivity contribution in [1.82, 2.24) is 10.3 Å². The number of rotatable bonds is 9. The number of aromatic nitrogens is 1. The number of benzene rings is 1. The van der Waals surface area contributed by atoms with E-state index in [9.17, 15) is 19.5 Å². The van der Waals surface area contributed by atoms with E-state index in [1.165, 1.54) is 12.4 Å². The van der Waals surface area contributed by atoms with Crippen molar-refractivity contribution in [3.8, 4) is 0 Å². The number of pyridine rings is 1. The lowest BCUT2D eigenvalue weighted by Gasteiger charge is -2.29. The maximum atomic E-state index is 13.2. The van der Waals surface area contributed by atoms with Crippen molar-refractivity contribution < 1.29 is 24.2 Å². The van der Waals surface area contributed by atoms with Gasteiger partial charge in [-0.05, 0) is 23.6 Å². The molecule has 0 aliphatic heterocycles. The fourth-order valence-corrected chi connectivity index (χ4v) is 2.69. The molecule has 8 nitrogen and oxygen atoms in total. The number of carbonyl (C=O) groups excluding carboxylic acids is 2. The molecule has 0 saturated heterocycles. The van der Waals surface area contributed by atoms with Crippen LogP contribution in [-0.2, 0) is 20.9 Å². The Balaban J connectivity index is 2.14. The van der Waals surface area contributed by atoms with Crippen LogP contribution < -0.4 is 10.2 Å². The Labute approximate surface area is 169 Å². The SMILES string of the molecule is CC[C@H](C)[C@H](NC(=O)OCc1ccccc1)C(=O)N(CC(=O)O)c1cccnc1. The van der Waals surface area contributed by atoms with Crippen molar-refractivity contribution in [3.05, 3.63) is 60.4 Å². The number of carbonyl (C=O) groups is 3. The lowest BCUT2D eigenvalue weighted by atomic mass is 9.97. The minimum Gasteiger partial charge on any atom is -0.480 e. The number of nitrogens with one attached hydrogen (secondary N) is 1. The fraction of sp³-hybridized carbons (Fsp3) is 0.333. The zero-order valence-corrected chi connectivity index (χ0v) is 16.4. The van der Waals surface area contributed by atoms with Crippen LogP contribution in [0.3, 0.4) is 0 Å². The highest BCUT2D eigenvalue weighted by molar-refractivity contribution is 6.01. The molecule has 0 fully saturated rings. The summed E-state index contributed by atoms with van der Waals surface area (Å²) in [5, 5.41) is 11.8. The first-order valence-corrected chi connectivity index (χ1v) is 9.32. The summed E-state index contributed by atoms with van der Waals surface area (Å²) >= 11 is 0. The van der Waals surface area contributed by atoms with Gasteiger partial charge in [-0.2, -0.15) is 0 Å². The fourth-order valence-electron chi connectivity index (χ4n) is 2.69. The summed E-state index contributed by atoms with van der Waals surface area (Å²) in [6, 6.07) is 11.4. The second-order valence-corrected chi connectivity index (χ2v) is 6.60. The number of hydrogen-bond donors (Lipinski definition) is 2. The van der Waals surface area contributed by atoms with E-state index in [-0.39, 0.29) is 12.5 Å². The number of carboxylic acids is 1. The number of nitrogens with zero attached hydrogens (tertiary/aromatic N) is 2. The third-order valence-corrected chi connectivity index (χ3v) is 4.48. The van der Waals surface area contributed by atoms with Gasteiger partial charge in [-0.3, -0.25) is 19.5 Å². The monoisotopic (exact) mass is 399 g/mol. The van der Waals surface area contributed by atoms with Gasteiger partial charge >= 0.3 is 12.1 Å². The van der Waals surface area contributed by atoms with Crippen molar-refractivity contribution in [2.75, 3.05) is 11.4 Å². The van der Waals surface area contributed by atoms with Gasteiger partial charge in [0, 0.05) is 6.20 Å². The van der Waals surface area contributed by atoms with Crippen LogP contribution in [-0.4, -0.2) is 40.6 Å².